The highest BCUT2D eigenvalue weighted by Crippen LogP contribution is 2.19. The van der Waals surface area contributed by atoms with Crippen LogP contribution in [0.4, 0.5) is 0 Å². The lowest BCUT2D eigenvalue weighted by molar-refractivity contribution is 0.0911. The Morgan fingerprint density at radius 1 is 1.27 bits per heavy atom. The molecule has 0 unspecified atom stereocenters. The lowest BCUT2D eigenvalue weighted by Crippen LogP contribution is -2.34. The summed E-state index contributed by atoms with van der Waals surface area (Å²) in [5.74, 6) is -0.183. The van der Waals surface area contributed by atoms with E-state index in [9.17, 15) is 9.59 Å². The number of amides is 2. The van der Waals surface area contributed by atoms with Crippen molar-refractivity contribution in [3.8, 4) is 0 Å². The predicted molar refractivity (Wildman–Crippen MR) is 84.2 cm³/mol. The number of nitrogens with one attached hydrogen (secondary N) is 2. The van der Waals surface area contributed by atoms with E-state index in [1.807, 2.05) is 6.92 Å². The average Bonchev–Trinajstić information content (AvgIpc) is 3.13. The van der Waals surface area contributed by atoms with Gasteiger partial charge in [-0.25, -0.2) is 4.98 Å². The van der Waals surface area contributed by atoms with Gasteiger partial charge in [-0.1, -0.05) is 6.92 Å². The summed E-state index contributed by atoms with van der Waals surface area (Å²) in [4.78, 5) is 28.7. The fourth-order valence-electron chi connectivity index (χ4n) is 1.91. The van der Waals surface area contributed by atoms with E-state index < -0.39 is 0 Å². The fourth-order valence-corrected chi connectivity index (χ4v) is 2.99. The highest BCUT2D eigenvalue weighted by Gasteiger charge is 2.14. The van der Waals surface area contributed by atoms with Gasteiger partial charge in [0.1, 0.15) is 4.88 Å². The maximum Gasteiger partial charge on any atom is 0.287 e. The van der Waals surface area contributed by atoms with E-state index in [0.29, 0.717) is 18.0 Å². The molecule has 2 aromatic heterocycles. The van der Waals surface area contributed by atoms with Crippen LogP contribution in [0.5, 0.6) is 0 Å². The van der Waals surface area contributed by atoms with Crippen LogP contribution in [-0.4, -0.2) is 29.9 Å². The summed E-state index contributed by atoms with van der Waals surface area (Å²) in [6, 6.07) is 3.24. The van der Waals surface area contributed by atoms with Gasteiger partial charge in [0.2, 0.25) is 0 Å². The second-order valence-corrected chi connectivity index (χ2v) is 5.84. The summed E-state index contributed by atoms with van der Waals surface area (Å²) in [6.07, 6.45) is 3.34. The SMILES string of the molecule is CCCc1nc(C)c(C(=O)NCCNC(=O)c2ccco2)s1. The van der Waals surface area contributed by atoms with Crippen molar-refractivity contribution in [2.24, 2.45) is 0 Å². The van der Waals surface area contributed by atoms with Gasteiger partial charge in [0.05, 0.1) is 17.0 Å². The smallest absolute Gasteiger partial charge is 0.287 e. The summed E-state index contributed by atoms with van der Waals surface area (Å²) in [6.45, 7) is 4.61. The molecule has 2 heterocycles. The first-order valence-electron chi connectivity index (χ1n) is 7.18. The summed E-state index contributed by atoms with van der Waals surface area (Å²) in [5, 5.41) is 6.44. The lowest BCUT2D eigenvalue weighted by Gasteiger charge is -2.05. The molecular formula is C15H19N3O3S. The second-order valence-electron chi connectivity index (χ2n) is 4.76. The molecule has 0 atom stereocenters. The zero-order chi connectivity index (χ0) is 15.9. The fraction of sp³-hybridized carbons (Fsp3) is 0.400. The number of carbonyl (C=O) groups excluding carboxylic acids is 2. The molecule has 0 aliphatic rings. The Morgan fingerprint density at radius 3 is 2.64 bits per heavy atom. The normalized spacial score (nSPS) is 10.5. The van der Waals surface area contributed by atoms with Crippen molar-refractivity contribution in [1.82, 2.24) is 15.6 Å². The van der Waals surface area contributed by atoms with Gasteiger partial charge in [-0.3, -0.25) is 9.59 Å². The minimum atomic E-state index is -0.293. The number of hydrogen-bond donors (Lipinski definition) is 2. The molecule has 118 valence electrons. The first-order chi connectivity index (χ1) is 10.6. The third-order valence-electron chi connectivity index (χ3n) is 2.95. The van der Waals surface area contributed by atoms with Crippen molar-refractivity contribution in [3.63, 3.8) is 0 Å². The Balaban J connectivity index is 1.77. The third-order valence-corrected chi connectivity index (χ3v) is 4.17. The molecule has 0 saturated carbocycles. The van der Waals surface area contributed by atoms with Gasteiger partial charge in [-0.15, -0.1) is 11.3 Å². The molecule has 6 nitrogen and oxygen atoms in total. The number of rotatable bonds is 7. The molecule has 0 aliphatic carbocycles. The minimum absolute atomic E-state index is 0.149. The summed E-state index contributed by atoms with van der Waals surface area (Å²) >= 11 is 1.43. The molecule has 0 fully saturated rings. The van der Waals surface area contributed by atoms with E-state index in [1.54, 1.807) is 12.1 Å². The topological polar surface area (TPSA) is 84.2 Å². The largest absolute Gasteiger partial charge is 0.459 e. The van der Waals surface area contributed by atoms with E-state index in [-0.39, 0.29) is 17.6 Å². The van der Waals surface area contributed by atoms with Crippen molar-refractivity contribution >= 4 is 23.2 Å². The zero-order valence-electron chi connectivity index (χ0n) is 12.6. The van der Waals surface area contributed by atoms with E-state index >= 15 is 0 Å². The summed E-state index contributed by atoms with van der Waals surface area (Å²) in [5.41, 5.74) is 0.755. The molecule has 0 aromatic carbocycles. The third kappa shape index (κ3) is 4.17. The van der Waals surface area contributed by atoms with E-state index in [0.717, 1.165) is 23.5 Å². The minimum Gasteiger partial charge on any atom is -0.459 e. The monoisotopic (exact) mass is 321 g/mol. The van der Waals surface area contributed by atoms with Gasteiger partial charge in [-0.2, -0.15) is 0 Å². The molecule has 22 heavy (non-hydrogen) atoms. The highest BCUT2D eigenvalue weighted by molar-refractivity contribution is 7.13. The summed E-state index contributed by atoms with van der Waals surface area (Å²) < 4.78 is 4.98. The second kappa shape index (κ2) is 7.74. The van der Waals surface area contributed by atoms with Crippen molar-refractivity contribution in [1.29, 1.82) is 0 Å². The van der Waals surface area contributed by atoms with Crippen LogP contribution < -0.4 is 10.6 Å². The van der Waals surface area contributed by atoms with E-state index in [4.69, 9.17) is 4.42 Å². The van der Waals surface area contributed by atoms with Gasteiger partial charge in [0.25, 0.3) is 11.8 Å². The number of furan rings is 1. The van der Waals surface area contributed by atoms with Crippen LogP contribution in [-0.2, 0) is 6.42 Å². The van der Waals surface area contributed by atoms with Crippen LogP contribution in [0, 0.1) is 6.92 Å². The van der Waals surface area contributed by atoms with E-state index in [1.165, 1.54) is 17.6 Å². The quantitative estimate of drug-likeness (QED) is 0.765. The van der Waals surface area contributed by atoms with Crippen LogP contribution in [0.2, 0.25) is 0 Å². The zero-order valence-corrected chi connectivity index (χ0v) is 13.5. The first kappa shape index (κ1) is 16.2. The molecule has 0 bridgehead atoms. The predicted octanol–water partition coefficient (Wildman–Crippen LogP) is 2.16. The standard InChI is InChI=1S/C15H19N3O3S/c1-3-5-12-18-10(2)13(22-12)15(20)17-8-7-16-14(19)11-6-4-9-21-11/h4,6,9H,3,5,7-8H2,1-2H3,(H,16,19)(H,17,20). The number of aryl methyl sites for hydroxylation is 2. The van der Waals surface area contributed by atoms with Gasteiger partial charge >= 0.3 is 0 Å². The van der Waals surface area contributed by atoms with Gasteiger partial charge in [0, 0.05) is 13.1 Å². The van der Waals surface area contributed by atoms with Crippen LogP contribution in [0.15, 0.2) is 22.8 Å². The Labute approximate surface area is 132 Å². The first-order valence-corrected chi connectivity index (χ1v) is 7.99. The van der Waals surface area contributed by atoms with Gasteiger partial charge < -0.3 is 15.1 Å². The van der Waals surface area contributed by atoms with Crippen molar-refractivity contribution in [3.05, 3.63) is 39.7 Å². The lowest BCUT2D eigenvalue weighted by atomic mass is 10.3. The molecular weight excluding hydrogens is 302 g/mol. The molecule has 2 N–H and O–H groups in total. The van der Waals surface area contributed by atoms with Crippen LogP contribution in [0.25, 0.3) is 0 Å². The molecule has 2 aromatic rings. The van der Waals surface area contributed by atoms with Crippen LogP contribution in [0.3, 0.4) is 0 Å². The summed E-state index contributed by atoms with van der Waals surface area (Å²) in [7, 11) is 0. The Bertz CT molecular complexity index is 635. The molecule has 2 rings (SSSR count). The molecule has 0 saturated heterocycles. The van der Waals surface area contributed by atoms with E-state index in [2.05, 4.69) is 22.5 Å². The average molecular weight is 321 g/mol. The number of aromatic nitrogens is 1. The molecule has 0 spiro atoms. The molecule has 0 radical (unpaired) electrons. The maximum atomic E-state index is 12.1. The number of nitrogens with zero attached hydrogens (tertiary/aromatic N) is 1. The Morgan fingerprint density at radius 2 is 2.00 bits per heavy atom. The molecule has 0 aliphatic heterocycles. The highest BCUT2D eigenvalue weighted by atomic mass is 32.1. The van der Waals surface area contributed by atoms with Crippen molar-refractivity contribution in [2.75, 3.05) is 13.1 Å². The van der Waals surface area contributed by atoms with Gasteiger partial charge in [-0.05, 0) is 31.9 Å². The number of carbonyl (C=O) groups is 2. The van der Waals surface area contributed by atoms with Crippen LogP contribution >= 0.6 is 11.3 Å². The Hall–Kier alpha value is -2.15. The van der Waals surface area contributed by atoms with Gasteiger partial charge in [0.15, 0.2) is 5.76 Å². The van der Waals surface area contributed by atoms with Crippen LogP contribution in [0.1, 0.15) is 44.3 Å². The maximum absolute atomic E-state index is 12.1. The van der Waals surface area contributed by atoms with Crippen molar-refractivity contribution in [2.45, 2.75) is 26.7 Å². The molecule has 2 amide bonds. The Kier molecular flexibility index (Phi) is 5.71. The molecule has 7 heteroatoms. The number of thiazole rings is 1. The van der Waals surface area contributed by atoms with Crippen molar-refractivity contribution < 1.29 is 14.0 Å². The number of hydrogen-bond acceptors (Lipinski definition) is 5.